The molecule has 2 N–H and O–H groups in total. The van der Waals surface area contributed by atoms with E-state index in [-0.39, 0.29) is 11.7 Å². The van der Waals surface area contributed by atoms with Crippen molar-refractivity contribution in [1.29, 1.82) is 0 Å². The Morgan fingerprint density at radius 3 is 2.89 bits per heavy atom. The molecule has 1 aromatic rings. The van der Waals surface area contributed by atoms with Gasteiger partial charge in [-0.1, -0.05) is 0 Å². The predicted molar refractivity (Wildman–Crippen MR) is 68.6 cm³/mol. The number of nitrogens with zero attached hydrogens (tertiary/aromatic N) is 1. The predicted octanol–water partition coefficient (Wildman–Crippen LogP) is 2.12. The highest BCUT2D eigenvalue weighted by atomic mass is 32.2. The molecule has 0 spiro atoms. The van der Waals surface area contributed by atoms with E-state index >= 15 is 0 Å². The molecule has 1 aliphatic heterocycles. The van der Waals surface area contributed by atoms with Gasteiger partial charge in [0.25, 0.3) is 5.91 Å². The zero-order chi connectivity index (χ0) is 13.3. The molecule has 1 heterocycles. The van der Waals surface area contributed by atoms with Crippen molar-refractivity contribution in [2.24, 2.45) is 0 Å². The highest BCUT2D eigenvalue weighted by Crippen LogP contribution is 2.24. The molecule has 98 valence electrons. The summed E-state index contributed by atoms with van der Waals surface area (Å²) >= 11 is 1.72. The van der Waals surface area contributed by atoms with Gasteiger partial charge in [0, 0.05) is 24.1 Å². The Balaban J connectivity index is 2.36. The summed E-state index contributed by atoms with van der Waals surface area (Å²) in [6, 6.07) is 2.11. The molecule has 1 aromatic carbocycles. The molecule has 1 atom stereocenters. The molecule has 1 fully saturated rings. The maximum Gasteiger partial charge on any atom is 0.260 e. The van der Waals surface area contributed by atoms with Crippen LogP contribution in [0.2, 0.25) is 0 Å². The van der Waals surface area contributed by atoms with E-state index in [0.29, 0.717) is 6.54 Å². The summed E-state index contributed by atoms with van der Waals surface area (Å²) in [6.07, 6.45) is 0. The van der Waals surface area contributed by atoms with E-state index in [9.17, 15) is 13.6 Å². The summed E-state index contributed by atoms with van der Waals surface area (Å²) in [5.74, 6) is -0.897. The van der Waals surface area contributed by atoms with Gasteiger partial charge in [0.05, 0.1) is 5.69 Å². The molecule has 0 bridgehead atoms. The summed E-state index contributed by atoms with van der Waals surface area (Å²) in [5, 5.41) is 0. The highest BCUT2D eigenvalue weighted by Gasteiger charge is 2.29. The largest absolute Gasteiger partial charge is 0.396 e. The minimum atomic E-state index is -0.967. The van der Waals surface area contributed by atoms with E-state index in [1.54, 1.807) is 11.8 Å². The molecule has 0 aliphatic carbocycles. The van der Waals surface area contributed by atoms with Crippen LogP contribution in [0.3, 0.4) is 0 Å². The zero-order valence-electron chi connectivity index (χ0n) is 9.95. The lowest BCUT2D eigenvalue weighted by Crippen LogP contribution is -2.45. The van der Waals surface area contributed by atoms with Crippen LogP contribution in [0, 0.1) is 11.6 Å². The molecular formula is C12H14F2N2OS. The summed E-state index contributed by atoms with van der Waals surface area (Å²) < 4.78 is 27.4. The third-order valence-electron chi connectivity index (χ3n) is 2.96. The first-order valence-corrected chi connectivity index (χ1v) is 6.80. The Labute approximate surface area is 108 Å². The molecule has 1 aliphatic rings. The summed E-state index contributed by atoms with van der Waals surface area (Å²) in [5.41, 5.74) is 4.62. The van der Waals surface area contributed by atoms with Crippen LogP contribution >= 0.6 is 11.8 Å². The first kappa shape index (κ1) is 13.1. The van der Waals surface area contributed by atoms with Gasteiger partial charge in [-0.2, -0.15) is 11.8 Å². The molecule has 0 saturated carbocycles. The number of halogens is 2. The van der Waals surface area contributed by atoms with Crippen molar-refractivity contribution < 1.29 is 13.6 Å². The van der Waals surface area contributed by atoms with Gasteiger partial charge in [-0.3, -0.25) is 4.79 Å². The summed E-state index contributed by atoms with van der Waals surface area (Å²) in [6.45, 7) is 2.37. The summed E-state index contributed by atoms with van der Waals surface area (Å²) in [7, 11) is 0. The first-order valence-electron chi connectivity index (χ1n) is 5.64. The zero-order valence-corrected chi connectivity index (χ0v) is 10.8. The Kier molecular flexibility index (Phi) is 3.75. The van der Waals surface area contributed by atoms with Crippen molar-refractivity contribution >= 4 is 23.4 Å². The molecule has 18 heavy (non-hydrogen) atoms. The van der Waals surface area contributed by atoms with E-state index in [0.717, 1.165) is 23.6 Å². The van der Waals surface area contributed by atoms with Crippen molar-refractivity contribution in [2.45, 2.75) is 13.0 Å². The van der Waals surface area contributed by atoms with E-state index in [2.05, 4.69) is 0 Å². The SMILES string of the molecule is CC1CSCCN1C(=O)c1c(F)ccc(N)c1F. The maximum atomic E-state index is 13.8. The molecule has 0 radical (unpaired) electrons. The number of anilines is 1. The molecule has 1 amide bonds. The number of hydrogen-bond acceptors (Lipinski definition) is 3. The minimum absolute atomic E-state index is 0.0310. The number of hydrogen-bond donors (Lipinski definition) is 1. The fraction of sp³-hybridized carbons (Fsp3) is 0.417. The van der Waals surface area contributed by atoms with Crippen molar-refractivity contribution in [2.75, 3.05) is 23.8 Å². The van der Waals surface area contributed by atoms with Crippen LogP contribution in [0.15, 0.2) is 12.1 Å². The second-order valence-corrected chi connectivity index (χ2v) is 5.40. The van der Waals surface area contributed by atoms with E-state index in [1.165, 1.54) is 4.90 Å². The van der Waals surface area contributed by atoms with Crippen molar-refractivity contribution in [1.82, 2.24) is 4.90 Å². The maximum absolute atomic E-state index is 13.8. The average molecular weight is 272 g/mol. The number of amides is 1. The van der Waals surface area contributed by atoms with Crippen LogP contribution in [-0.4, -0.2) is 34.9 Å². The van der Waals surface area contributed by atoms with Gasteiger partial charge < -0.3 is 10.6 Å². The fourth-order valence-electron chi connectivity index (χ4n) is 1.94. The van der Waals surface area contributed by atoms with Crippen LogP contribution in [0.4, 0.5) is 14.5 Å². The van der Waals surface area contributed by atoms with E-state index < -0.39 is 23.1 Å². The van der Waals surface area contributed by atoms with Crippen molar-refractivity contribution in [3.05, 3.63) is 29.3 Å². The molecule has 3 nitrogen and oxygen atoms in total. The van der Waals surface area contributed by atoms with Gasteiger partial charge in [-0.15, -0.1) is 0 Å². The second kappa shape index (κ2) is 5.14. The van der Waals surface area contributed by atoms with Gasteiger partial charge in [-0.05, 0) is 19.1 Å². The first-order chi connectivity index (χ1) is 8.52. The normalized spacial score (nSPS) is 19.9. The van der Waals surface area contributed by atoms with Gasteiger partial charge >= 0.3 is 0 Å². The van der Waals surface area contributed by atoms with Crippen LogP contribution in [0.25, 0.3) is 0 Å². The van der Waals surface area contributed by atoms with Gasteiger partial charge in [0.2, 0.25) is 0 Å². The lowest BCUT2D eigenvalue weighted by molar-refractivity contribution is 0.0706. The minimum Gasteiger partial charge on any atom is -0.396 e. The Morgan fingerprint density at radius 1 is 1.50 bits per heavy atom. The van der Waals surface area contributed by atoms with Crippen LogP contribution in [0.5, 0.6) is 0 Å². The molecule has 6 heteroatoms. The van der Waals surface area contributed by atoms with Gasteiger partial charge in [0.15, 0.2) is 5.82 Å². The number of nitrogens with two attached hydrogens (primary N) is 1. The third-order valence-corrected chi connectivity index (χ3v) is 4.15. The molecule has 2 rings (SSSR count). The third kappa shape index (κ3) is 2.29. The number of rotatable bonds is 1. The number of carbonyl (C=O) groups excluding carboxylic acids is 1. The van der Waals surface area contributed by atoms with E-state index in [4.69, 9.17) is 5.73 Å². The van der Waals surface area contributed by atoms with E-state index in [1.807, 2.05) is 6.92 Å². The Bertz CT molecular complexity index is 481. The molecule has 0 aromatic heterocycles. The standard InChI is InChI=1S/C12H14F2N2OS/c1-7-6-18-5-4-16(7)12(17)10-8(13)2-3-9(15)11(10)14/h2-3,7H,4-6,15H2,1H3. The van der Waals surface area contributed by atoms with Crippen molar-refractivity contribution in [3.8, 4) is 0 Å². The van der Waals surface area contributed by atoms with Crippen molar-refractivity contribution in [3.63, 3.8) is 0 Å². The lowest BCUT2D eigenvalue weighted by Gasteiger charge is -2.33. The van der Waals surface area contributed by atoms with Crippen LogP contribution in [-0.2, 0) is 0 Å². The molecule has 1 unspecified atom stereocenters. The van der Waals surface area contributed by atoms with Gasteiger partial charge in [0.1, 0.15) is 11.4 Å². The smallest absolute Gasteiger partial charge is 0.260 e. The lowest BCUT2D eigenvalue weighted by atomic mass is 10.1. The number of benzene rings is 1. The second-order valence-electron chi connectivity index (χ2n) is 4.25. The number of thioether (sulfide) groups is 1. The number of carbonyl (C=O) groups is 1. The van der Waals surface area contributed by atoms with Crippen LogP contribution < -0.4 is 5.73 Å². The topological polar surface area (TPSA) is 46.3 Å². The van der Waals surface area contributed by atoms with Crippen LogP contribution in [0.1, 0.15) is 17.3 Å². The molecule has 1 saturated heterocycles. The quantitative estimate of drug-likeness (QED) is 0.797. The average Bonchev–Trinajstić information content (AvgIpc) is 2.35. The monoisotopic (exact) mass is 272 g/mol. The highest BCUT2D eigenvalue weighted by molar-refractivity contribution is 7.99. The fourth-order valence-corrected chi connectivity index (χ4v) is 2.95. The van der Waals surface area contributed by atoms with Gasteiger partial charge in [-0.25, -0.2) is 8.78 Å². The number of nitrogen functional groups attached to an aromatic ring is 1. The Morgan fingerprint density at radius 2 is 2.22 bits per heavy atom. The molecular weight excluding hydrogens is 258 g/mol. The Hall–Kier alpha value is -1.30. The summed E-state index contributed by atoms with van der Waals surface area (Å²) in [4.78, 5) is 13.7.